The molecule has 21 heavy (non-hydrogen) atoms. The predicted octanol–water partition coefficient (Wildman–Crippen LogP) is 5.75. The van der Waals surface area contributed by atoms with Crippen molar-refractivity contribution in [2.75, 3.05) is 13.1 Å². The molecule has 0 aliphatic carbocycles. The monoisotopic (exact) mass is 320 g/mol. The van der Waals surface area contributed by atoms with Crippen LogP contribution < -0.4 is 0 Å². The molecule has 3 heteroatoms. The molecule has 2 rings (SSSR count). The Morgan fingerprint density at radius 2 is 1.00 bits per heavy atom. The van der Waals surface area contributed by atoms with Gasteiger partial charge in [-0.2, -0.15) is 0 Å². The van der Waals surface area contributed by atoms with Gasteiger partial charge in [-0.25, -0.2) is 0 Å². The van der Waals surface area contributed by atoms with Gasteiger partial charge in [-0.15, -0.1) is 49.8 Å². The molecule has 110 valence electrons. The van der Waals surface area contributed by atoms with Crippen LogP contribution in [0.25, 0.3) is 10.6 Å². The van der Waals surface area contributed by atoms with Gasteiger partial charge in [0.05, 0.1) is 0 Å². The average Bonchev–Trinajstić information content (AvgIpc) is 2.53. The predicted molar refractivity (Wildman–Crippen MR) is 89.1 cm³/mol. The average molecular weight is 320 g/mol. The van der Waals surface area contributed by atoms with Crippen LogP contribution in [0.3, 0.4) is 0 Å². The van der Waals surface area contributed by atoms with Crippen molar-refractivity contribution < 1.29 is 17.1 Å². The Morgan fingerprint density at radius 3 is 1.29 bits per heavy atom. The normalized spacial score (nSPS) is 8.38. The number of rotatable bonds is 6. The van der Waals surface area contributed by atoms with Gasteiger partial charge in [0.25, 0.3) is 0 Å². The summed E-state index contributed by atoms with van der Waals surface area (Å²) in [5.74, 6) is 0. The molecule has 0 atom stereocenters. The van der Waals surface area contributed by atoms with E-state index in [1.54, 1.807) is 12.2 Å². The second-order valence-electron chi connectivity index (χ2n) is 3.93. The van der Waals surface area contributed by atoms with Gasteiger partial charge in [0, 0.05) is 0 Å². The molecule has 0 aliphatic rings. The molecular weight excluding hydrogens is 300 g/mol. The van der Waals surface area contributed by atoms with Crippen molar-refractivity contribution in [3.05, 3.63) is 96.6 Å². The van der Waals surface area contributed by atoms with E-state index in [4.69, 9.17) is 0 Å². The van der Waals surface area contributed by atoms with Crippen molar-refractivity contribution in [1.29, 1.82) is 0 Å². The minimum Gasteiger partial charge on any atom is -0.681 e. The van der Waals surface area contributed by atoms with Gasteiger partial charge >= 0.3 is 17.1 Å². The number of benzene rings is 2. The summed E-state index contributed by atoms with van der Waals surface area (Å²) >= 11 is 0. The topological polar surface area (TPSA) is 28.2 Å². The van der Waals surface area contributed by atoms with Crippen LogP contribution in [0, 0.1) is 0 Å². The van der Waals surface area contributed by atoms with Crippen LogP contribution in [0.1, 0.15) is 0 Å². The summed E-state index contributed by atoms with van der Waals surface area (Å²) in [6, 6.07) is 19.8. The molecule has 0 aliphatic heterocycles. The van der Waals surface area contributed by atoms with Crippen molar-refractivity contribution in [3.63, 3.8) is 0 Å². The minimum absolute atomic E-state index is 0. The van der Waals surface area contributed by atoms with Crippen LogP contribution in [0.4, 0.5) is 11.4 Å². The van der Waals surface area contributed by atoms with Gasteiger partial charge in [0.2, 0.25) is 0 Å². The molecule has 0 amide bonds. The molecule has 0 N–H and O–H groups in total. The number of hydrogen-bond acceptors (Lipinski definition) is 0. The van der Waals surface area contributed by atoms with Gasteiger partial charge in [0.1, 0.15) is 0 Å². The van der Waals surface area contributed by atoms with E-state index in [0.717, 1.165) is 11.4 Å². The molecule has 2 nitrogen and oxygen atoms in total. The van der Waals surface area contributed by atoms with Crippen molar-refractivity contribution in [2.24, 2.45) is 0 Å². The SMILES string of the molecule is C=CC[N-]c1ccccc1.C=CC[N-]c1ccccc1.[Fe+2]. The summed E-state index contributed by atoms with van der Waals surface area (Å²) < 4.78 is 0. The van der Waals surface area contributed by atoms with E-state index in [9.17, 15) is 0 Å². The van der Waals surface area contributed by atoms with E-state index in [1.807, 2.05) is 60.7 Å². The largest absolute Gasteiger partial charge is 2.00 e. The second kappa shape index (κ2) is 13.0. The standard InChI is InChI=1S/2C9H10N.Fe/c2*1-2-8-10-9-6-4-3-5-7-9;/h2*2-7H,1,8H2;/q2*-1;+2. The van der Waals surface area contributed by atoms with Crippen LogP contribution in [0.5, 0.6) is 0 Å². The van der Waals surface area contributed by atoms with Gasteiger partial charge in [-0.05, 0) is 0 Å². The Labute approximate surface area is 138 Å². The summed E-state index contributed by atoms with van der Waals surface area (Å²) in [6.45, 7) is 8.56. The molecule has 0 heterocycles. The van der Waals surface area contributed by atoms with E-state index in [-0.39, 0.29) is 17.1 Å². The Kier molecular flexibility index (Phi) is 11.8. The molecule has 0 saturated carbocycles. The molecule has 0 spiro atoms. The molecule has 0 aromatic heterocycles. The number of hydrogen-bond donors (Lipinski definition) is 0. The van der Waals surface area contributed by atoms with Crippen LogP contribution in [0.15, 0.2) is 86.0 Å². The van der Waals surface area contributed by atoms with Crippen LogP contribution in [0.2, 0.25) is 0 Å². The zero-order chi connectivity index (χ0) is 14.5. The first-order valence-electron chi connectivity index (χ1n) is 6.53. The first-order valence-corrected chi connectivity index (χ1v) is 6.53. The fourth-order valence-electron chi connectivity index (χ4n) is 1.41. The van der Waals surface area contributed by atoms with Crippen molar-refractivity contribution >= 4 is 11.4 Å². The molecule has 2 aromatic carbocycles. The van der Waals surface area contributed by atoms with Crippen molar-refractivity contribution in [3.8, 4) is 0 Å². The molecule has 2 aromatic rings. The molecule has 0 unspecified atom stereocenters. The zero-order valence-corrected chi connectivity index (χ0v) is 13.1. The molecule has 0 saturated heterocycles. The van der Waals surface area contributed by atoms with Gasteiger partial charge in [0.15, 0.2) is 0 Å². The third kappa shape index (κ3) is 9.55. The van der Waals surface area contributed by atoms with Crippen LogP contribution in [-0.4, -0.2) is 13.1 Å². The van der Waals surface area contributed by atoms with E-state index in [0.29, 0.717) is 13.1 Å². The molecular formula is C18H20FeN2. The van der Waals surface area contributed by atoms with Crippen molar-refractivity contribution in [2.45, 2.75) is 0 Å². The van der Waals surface area contributed by atoms with Gasteiger partial charge in [-0.3, -0.25) is 0 Å². The smallest absolute Gasteiger partial charge is 0.681 e. The van der Waals surface area contributed by atoms with E-state index in [2.05, 4.69) is 23.8 Å². The first kappa shape index (κ1) is 19.0. The fourth-order valence-corrected chi connectivity index (χ4v) is 1.41. The minimum atomic E-state index is 0. The van der Waals surface area contributed by atoms with E-state index < -0.39 is 0 Å². The van der Waals surface area contributed by atoms with Crippen LogP contribution in [-0.2, 0) is 17.1 Å². The summed E-state index contributed by atoms with van der Waals surface area (Å²) in [6.07, 6.45) is 3.57. The van der Waals surface area contributed by atoms with E-state index in [1.165, 1.54) is 0 Å². The van der Waals surface area contributed by atoms with Gasteiger partial charge in [-0.1, -0.05) is 60.7 Å². The molecule has 0 radical (unpaired) electrons. The first-order chi connectivity index (χ1) is 9.86. The van der Waals surface area contributed by atoms with E-state index >= 15 is 0 Å². The van der Waals surface area contributed by atoms with Crippen molar-refractivity contribution in [1.82, 2.24) is 0 Å². The Bertz CT molecular complexity index is 436. The van der Waals surface area contributed by atoms with Crippen LogP contribution >= 0.6 is 0 Å². The summed E-state index contributed by atoms with van der Waals surface area (Å²) in [5.41, 5.74) is 2.03. The number of para-hydroxylation sites is 2. The molecule has 0 fully saturated rings. The Morgan fingerprint density at radius 1 is 0.667 bits per heavy atom. The van der Waals surface area contributed by atoms with Gasteiger partial charge < -0.3 is 10.6 Å². The Hall–Kier alpha value is -1.96. The zero-order valence-electron chi connectivity index (χ0n) is 12.0. The number of nitrogens with zero attached hydrogens (tertiary/aromatic N) is 2. The molecule has 0 bridgehead atoms. The maximum Gasteiger partial charge on any atom is 2.00 e. The second-order valence-corrected chi connectivity index (χ2v) is 3.93. The summed E-state index contributed by atoms with van der Waals surface area (Å²) in [7, 11) is 0. The third-order valence-electron chi connectivity index (χ3n) is 2.32. The summed E-state index contributed by atoms with van der Waals surface area (Å²) in [5, 5.41) is 8.41. The third-order valence-corrected chi connectivity index (χ3v) is 2.32. The Balaban J connectivity index is 0.000000364. The maximum absolute atomic E-state index is 4.21. The fraction of sp³-hybridized carbons (Fsp3) is 0.111. The quantitative estimate of drug-likeness (QED) is 0.479. The maximum atomic E-state index is 4.21. The summed E-state index contributed by atoms with van der Waals surface area (Å²) in [4.78, 5) is 0.